The van der Waals surface area contributed by atoms with E-state index in [1.807, 2.05) is 30.6 Å². The van der Waals surface area contributed by atoms with Crippen molar-refractivity contribution in [3.8, 4) is 0 Å². The summed E-state index contributed by atoms with van der Waals surface area (Å²) in [6, 6.07) is 9.02. The molecule has 0 saturated carbocycles. The maximum absolute atomic E-state index is 14.0. The van der Waals surface area contributed by atoms with Gasteiger partial charge in [-0.3, -0.25) is 4.90 Å². The molecule has 0 aliphatic carbocycles. The first kappa shape index (κ1) is 23.9. The van der Waals surface area contributed by atoms with Crippen molar-refractivity contribution in [2.45, 2.75) is 38.4 Å². The molecule has 0 atom stereocenters. The number of halogens is 4. The molecule has 1 N–H and O–H groups in total. The summed E-state index contributed by atoms with van der Waals surface area (Å²) in [5.41, 5.74) is 1.18. The Hall–Kier alpha value is -2.75. The first-order valence-corrected chi connectivity index (χ1v) is 10.5. The second-order valence-corrected chi connectivity index (χ2v) is 8.24. The number of nitrogens with zero attached hydrogens (tertiary/aromatic N) is 4. The van der Waals surface area contributed by atoms with E-state index in [0.717, 1.165) is 44.2 Å². The molecule has 1 aromatic heterocycles. The number of anilines is 1. The lowest BCUT2D eigenvalue weighted by Gasteiger charge is -2.47. The van der Waals surface area contributed by atoms with Gasteiger partial charge in [0.1, 0.15) is 5.82 Å². The number of aliphatic carboxylic acids is 1. The van der Waals surface area contributed by atoms with Gasteiger partial charge in [-0.15, -0.1) is 0 Å². The predicted octanol–water partition coefficient (Wildman–Crippen LogP) is 4.13. The molecule has 2 aliphatic heterocycles. The number of benzene rings is 1. The largest absolute Gasteiger partial charge is 0.490 e. The number of likely N-dealkylation sites (tertiary alicyclic amines) is 1. The fourth-order valence-electron chi connectivity index (χ4n) is 4.36. The van der Waals surface area contributed by atoms with Gasteiger partial charge in [-0.25, -0.2) is 19.2 Å². The molecule has 2 aromatic rings. The second kappa shape index (κ2) is 10.2. The number of carboxylic acid groups (broad SMARTS) is 1. The van der Waals surface area contributed by atoms with E-state index >= 15 is 0 Å². The Morgan fingerprint density at radius 2 is 1.66 bits per heavy atom. The summed E-state index contributed by atoms with van der Waals surface area (Å²) in [5.74, 6) is -2.00. The van der Waals surface area contributed by atoms with Crippen LogP contribution in [-0.2, 0) is 11.3 Å². The topological polar surface area (TPSA) is 69.6 Å². The maximum atomic E-state index is 14.0. The molecule has 6 nitrogen and oxygen atoms in total. The second-order valence-electron chi connectivity index (χ2n) is 8.24. The van der Waals surface area contributed by atoms with Gasteiger partial charge in [-0.1, -0.05) is 18.2 Å². The molecule has 1 aromatic carbocycles. The van der Waals surface area contributed by atoms with Crippen LogP contribution in [0.5, 0.6) is 0 Å². The number of rotatable bonds is 3. The van der Waals surface area contributed by atoms with Crippen molar-refractivity contribution in [1.82, 2.24) is 14.9 Å². The lowest BCUT2D eigenvalue weighted by molar-refractivity contribution is -0.192. The van der Waals surface area contributed by atoms with Crippen LogP contribution in [0, 0.1) is 11.2 Å². The van der Waals surface area contributed by atoms with Gasteiger partial charge in [0.15, 0.2) is 0 Å². The van der Waals surface area contributed by atoms with Gasteiger partial charge >= 0.3 is 12.1 Å². The van der Waals surface area contributed by atoms with Gasteiger partial charge in [0, 0.05) is 44.1 Å². The molecule has 0 radical (unpaired) electrons. The third-order valence-electron chi connectivity index (χ3n) is 5.99. The molecule has 2 saturated heterocycles. The van der Waals surface area contributed by atoms with Gasteiger partial charge in [0.2, 0.25) is 5.95 Å². The quantitative estimate of drug-likeness (QED) is 0.704. The Kier molecular flexibility index (Phi) is 7.65. The number of aromatic nitrogens is 2. The molecule has 0 unspecified atom stereocenters. The fraction of sp³-hybridized carbons (Fsp3) is 0.500. The predicted molar refractivity (Wildman–Crippen MR) is 111 cm³/mol. The summed E-state index contributed by atoms with van der Waals surface area (Å²) in [6.45, 7) is 4.89. The Balaban J connectivity index is 0.000000360. The van der Waals surface area contributed by atoms with Gasteiger partial charge in [0.05, 0.1) is 0 Å². The van der Waals surface area contributed by atoms with Crippen molar-refractivity contribution in [1.29, 1.82) is 0 Å². The van der Waals surface area contributed by atoms with Crippen LogP contribution in [0.3, 0.4) is 0 Å². The molecular formula is C22H26F4N4O2. The van der Waals surface area contributed by atoms with E-state index in [2.05, 4.69) is 19.8 Å². The first-order valence-electron chi connectivity index (χ1n) is 10.5. The Labute approximate surface area is 183 Å². The van der Waals surface area contributed by atoms with E-state index in [9.17, 15) is 17.6 Å². The van der Waals surface area contributed by atoms with E-state index in [1.54, 1.807) is 12.1 Å². The SMILES string of the molecule is Fc1ccccc1CN1CCCC2(CCN(c3ncccn3)CC2)C1.O=C(O)C(F)(F)F. The summed E-state index contributed by atoms with van der Waals surface area (Å²) in [5, 5.41) is 7.12. The lowest BCUT2D eigenvalue weighted by atomic mass is 9.72. The minimum Gasteiger partial charge on any atom is -0.475 e. The lowest BCUT2D eigenvalue weighted by Crippen LogP contribution is -2.49. The summed E-state index contributed by atoms with van der Waals surface area (Å²) in [6.07, 6.45) is 3.35. The van der Waals surface area contributed by atoms with E-state index in [0.29, 0.717) is 5.41 Å². The average Bonchev–Trinajstić information content (AvgIpc) is 2.76. The minimum atomic E-state index is -5.08. The van der Waals surface area contributed by atoms with Gasteiger partial charge in [0.25, 0.3) is 0 Å². The third kappa shape index (κ3) is 6.38. The zero-order valence-corrected chi connectivity index (χ0v) is 17.6. The number of hydrogen-bond donors (Lipinski definition) is 1. The average molecular weight is 454 g/mol. The minimum absolute atomic E-state index is 0.0850. The summed E-state index contributed by atoms with van der Waals surface area (Å²) >= 11 is 0. The Morgan fingerprint density at radius 3 is 2.25 bits per heavy atom. The Bertz CT molecular complexity index is 887. The number of piperidine rings is 2. The number of carboxylic acids is 1. The number of alkyl halides is 3. The van der Waals surface area contributed by atoms with Crippen LogP contribution in [0.2, 0.25) is 0 Å². The normalized spacial score (nSPS) is 18.7. The van der Waals surface area contributed by atoms with Crippen LogP contribution < -0.4 is 4.90 Å². The Morgan fingerprint density at radius 1 is 1.03 bits per heavy atom. The zero-order chi connectivity index (χ0) is 23.2. The van der Waals surface area contributed by atoms with Crippen LogP contribution in [0.25, 0.3) is 0 Å². The molecule has 2 fully saturated rings. The van der Waals surface area contributed by atoms with Crippen molar-refractivity contribution in [3.63, 3.8) is 0 Å². The van der Waals surface area contributed by atoms with Crippen molar-refractivity contribution in [2.24, 2.45) is 5.41 Å². The van der Waals surface area contributed by atoms with Gasteiger partial charge in [-0.05, 0) is 49.8 Å². The summed E-state index contributed by atoms with van der Waals surface area (Å²) < 4.78 is 45.7. The van der Waals surface area contributed by atoms with Crippen LogP contribution in [-0.4, -0.2) is 58.3 Å². The van der Waals surface area contributed by atoms with Crippen molar-refractivity contribution in [2.75, 3.05) is 31.1 Å². The highest BCUT2D eigenvalue weighted by Crippen LogP contribution is 2.40. The zero-order valence-electron chi connectivity index (χ0n) is 17.6. The third-order valence-corrected chi connectivity index (χ3v) is 5.99. The number of carbonyl (C=O) groups is 1. The first-order chi connectivity index (χ1) is 15.2. The summed E-state index contributed by atoms with van der Waals surface area (Å²) in [7, 11) is 0. The standard InChI is InChI=1S/C20H25FN4.C2HF3O2/c21-18-6-2-1-5-17(18)15-24-12-3-7-20(16-24)8-13-25(14-9-20)19-22-10-4-11-23-19;3-2(4,5)1(6)7/h1-2,4-6,10-11H,3,7-9,12-16H2;(H,6,7). The van der Waals surface area contributed by atoms with E-state index in [1.165, 1.54) is 25.7 Å². The molecule has 2 aliphatic rings. The van der Waals surface area contributed by atoms with Crippen molar-refractivity contribution < 1.29 is 27.5 Å². The van der Waals surface area contributed by atoms with Crippen molar-refractivity contribution >= 4 is 11.9 Å². The van der Waals surface area contributed by atoms with Gasteiger partial charge < -0.3 is 10.0 Å². The van der Waals surface area contributed by atoms with Gasteiger partial charge in [-0.2, -0.15) is 13.2 Å². The highest BCUT2D eigenvalue weighted by atomic mass is 19.4. The molecular weight excluding hydrogens is 428 g/mol. The van der Waals surface area contributed by atoms with Crippen molar-refractivity contribution in [3.05, 3.63) is 54.1 Å². The monoisotopic (exact) mass is 454 g/mol. The molecule has 10 heteroatoms. The van der Waals surface area contributed by atoms with Crippen LogP contribution >= 0.6 is 0 Å². The highest BCUT2D eigenvalue weighted by Gasteiger charge is 2.39. The van der Waals surface area contributed by atoms with Crippen LogP contribution in [0.15, 0.2) is 42.7 Å². The smallest absolute Gasteiger partial charge is 0.475 e. The molecule has 32 heavy (non-hydrogen) atoms. The molecule has 4 rings (SSSR count). The van der Waals surface area contributed by atoms with E-state index in [-0.39, 0.29) is 5.82 Å². The maximum Gasteiger partial charge on any atom is 0.490 e. The molecule has 0 bridgehead atoms. The molecule has 0 amide bonds. The highest BCUT2D eigenvalue weighted by molar-refractivity contribution is 5.73. The molecule has 3 heterocycles. The summed E-state index contributed by atoms with van der Waals surface area (Å²) in [4.78, 5) is 22.4. The molecule has 1 spiro atoms. The van der Waals surface area contributed by atoms with E-state index < -0.39 is 12.1 Å². The fourth-order valence-corrected chi connectivity index (χ4v) is 4.36. The molecule has 174 valence electrons. The van der Waals surface area contributed by atoms with Crippen LogP contribution in [0.1, 0.15) is 31.2 Å². The van der Waals surface area contributed by atoms with E-state index in [4.69, 9.17) is 9.90 Å². The van der Waals surface area contributed by atoms with Crippen LogP contribution in [0.4, 0.5) is 23.5 Å². The number of hydrogen-bond acceptors (Lipinski definition) is 5.